The summed E-state index contributed by atoms with van der Waals surface area (Å²) < 4.78 is 0. The molecule has 2 N–H and O–H groups in total. The summed E-state index contributed by atoms with van der Waals surface area (Å²) in [5.74, 6) is -0.385. The highest BCUT2D eigenvalue weighted by molar-refractivity contribution is 7.14. The van der Waals surface area contributed by atoms with Gasteiger partial charge in [-0.2, -0.15) is 15.2 Å². The summed E-state index contributed by atoms with van der Waals surface area (Å²) in [4.78, 5) is 22.1. The summed E-state index contributed by atoms with van der Waals surface area (Å²) in [5.41, 5.74) is 6.45. The maximum Gasteiger partial charge on any atom is 0.303 e. The van der Waals surface area contributed by atoms with E-state index in [9.17, 15) is 9.90 Å². The first-order chi connectivity index (χ1) is 15.7. The van der Waals surface area contributed by atoms with Crippen LogP contribution in [0, 0.1) is 0 Å². The second-order valence-corrected chi connectivity index (χ2v) is 8.38. The Hall–Kier alpha value is -3.73. The molecule has 3 heterocycles. The van der Waals surface area contributed by atoms with Crippen molar-refractivity contribution >= 4 is 50.3 Å². The zero-order chi connectivity index (χ0) is 21.9. The van der Waals surface area contributed by atoms with Gasteiger partial charge in [0.2, 0.25) is 10.3 Å². The van der Waals surface area contributed by atoms with Gasteiger partial charge < -0.3 is 5.11 Å². The Labute approximate surface area is 191 Å². The number of carbonyl (C=O) groups is 1. The lowest BCUT2D eigenvalue weighted by Crippen LogP contribution is -2.28. The molecule has 158 valence electrons. The van der Waals surface area contributed by atoms with Gasteiger partial charge in [0.05, 0.1) is 18.0 Å². The summed E-state index contributed by atoms with van der Waals surface area (Å²) in [5, 5.41) is 23.9. The van der Waals surface area contributed by atoms with Crippen LogP contribution in [0.4, 0.5) is 10.3 Å². The molecule has 5 rings (SSSR count). The molecule has 0 fully saturated rings. The van der Waals surface area contributed by atoms with Crippen LogP contribution in [0.5, 0.6) is 0 Å². The molecule has 2 aromatic carbocycles. The molecule has 0 spiro atoms. The van der Waals surface area contributed by atoms with E-state index in [4.69, 9.17) is 0 Å². The molecular formula is C22H16N6O2S2. The van der Waals surface area contributed by atoms with Crippen LogP contribution in [0.25, 0.3) is 11.3 Å². The largest absolute Gasteiger partial charge is 0.390 e. The standard InChI is InChI=1S/C22H16N6O2S2/c29-11-16-12-31-21(23-16)26-25-19-18(15-9-5-2-6-10-15)27-28(20(19)30)22-24-17(13-32-22)14-7-3-1-4-8-14/h1-10,12-13,29H,11H2,(H,23,26)/b25-19-. The Morgan fingerprint density at radius 1 is 0.938 bits per heavy atom. The number of hydrogen-bond donors (Lipinski definition) is 2. The van der Waals surface area contributed by atoms with Gasteiger partial charge in [0, 0.05) is 21.9 Å². The second-order valence-electron chi connectivity index (χ2n) is 6.69. The number of nitrogens with zero attached hydrogens (tertiary/aromatic N) is 5. The quantitative estimate of drug-likeness (QED) is 0.424. The predicted octanol–water partition coefficient (Wildman–Crippen LogP) is 3.98. The first kappa shape index (κ1) is 20.2. The van der Waals surface area contributed by atoms with Crippen LogP contribution < -0.4 is 10.4 Å². The third kappa shape index (κ3) is 3.94. The van der Waals surface area contributed by atoms with Crippen LogP contribution in [0.1, 0.15) is 11.3 Å². The smallest absolute Gasteiger partial charge is 0.303 e. The molecule has 8 nitrogen and oxygen atoms in total. The van der Waals surface area contributed by atoms with Crippen LogP contribution in [0.2, 0.25) is 0 Å². The maximum atomic E-state index is 13.3. The van der Waals surface area contributed by atoms with Crippen molar-refractivity contribution in [3.63, 3.8) is 0 Å². The molecule has 0 saturated carbocycles. The van der Waals surface area contributed by atoms with Crippen LogP contribution in [-0.4, -0.2) is 32.4 Å². The highest BCUT2D eigenvalue weighted by atomic mass is 32.1. The summed E-state index contributed by atoms with van der Waals surface area (Å²) in [6, 6.07) is 19.2. The fourth-order valence-electron chi connectivity index (χ4n) is 3.05. The Kier molecular flexibility index (Phi) is 5.55. The van der Waals surface area contributed by atoms with Crippen molar-refractivity contribution < 1.29 is 9.90 Å². The average molecular weight is 461 g/mol. The molecule has 32 heavy (non-hydrogen) atoms. The molecule has 4 aromatic rings. The molecular weight excluding hydrogens is 444 g/mol. The molecule has 1 aliphatic rings. The second kappa shape index (κ2) is 8.79. The fraction of sp³-hybridized carbons (Fsp3) is 0.0455. The monoisotopic (exact) mass is 460 g/mol. The van der Waals surface area contributed by atoms with Crippen LogP contribution in [0.15, 0.2) is 81.6 Å². The molecule has 0 aliphatic carbocycles. The summed E-state index contributed by atoms with van der Waals surface area (Å²) >= 11 is 2.63. The summed E-state index contributed by atoms with van der Waals surface area (Å²) in [6.07, 6.45) is 0. The molecule has 0 atom stereocenters. The van der Waals surface area contributed by atoms with E-state index in [0.717, 1.165) is 16.8 Å². The van der Waals surface area contributed by atoms with E-state index >= 15 is 0 Å². The number of aliphatic hydroxyl groups excluding tert-OH is 1. The minimum Gasteiger partial charge on any atom is -0.390 e. The summed E-state index contributed by atoms with van der Waals surface area (Å²) in [7, 11) is 0. The lowest BCUT2D eigenvalue weighted by molar-refractivity contribution is -0.112. The number of thiazole rings is 2. The van der Waals surface area contributed by atoms with Crippen molar-refractivity contribution in [1.29, 1.82) is 0 Å². The van der Waals surface area contributed by atoms with E-state index in [0.29, 0.717) is 21.7 Å². The van der Waals surface area contributed by atoms with E-state index in [-0.39, 0.29) is 18.2 Å². The van der Waals surface area contributed by atoms with Crippen molar-refractivity contribution in [2.24, 2.45) is 10.2 Å². The van der Waals surface area contributed by atoms with Gasteiger partial charge in [-0.25, -0.2) is 9.97 Å². The maximum absolute atomic E-state index is 13.3. The number of hydrazone groups is 2. The highest BCUT2D eigenvalue weighted by Gasteiger charge is 2.35. The number of rotatable bonds is 6. The molecule has 1 amide bonds. The lowest BCUT2D eigenvalue weighted by atomic mass is 10.1. The number of aromatic nitrogens is 2. The molecule has 0 unspecified atom stereocenters. The van der Waals surface area contributed by atoms with E-state index in [1.165, 1.54) is 27.7 Å². The van der Waals surface area contributed by atoms with Gasteiger partial charge in [-0.15, -0.1) is 22.7 Å². The van der Waals surface area contributed by atoms with E-state index in [1.54, 1.807) is 5.38 Å². The minimum atomic E-state index is -0.385. The van der Waals surface area contributed by atoms with Crippen LogP contribution >= 0.6 is 22.7 Å². The predicted molar refractivity (Wildman–Crippen MR) is 127 cm³/mol. The van der Waals surface area contributed by atoms with Crippen molar-refractivity contribution in [3.8, 4) is 11.3 Å². The van der Waals surface area contributed by atoms with E-state index < -0.39 is 0 Å². The molecule has 1 aliphatic heterocycles. The van der Waals surface area contributed by atoms with Gasteiger partial charge in [0.1, 0.15) is 5.71 Å². The van der Waals surface area contributed by atoms with Crippen molar-refractivity contribution in [2.45, 2.75) is 6.61 Å². The molecule has 0 saturated heterocycles. The topological polar surface area (TPSA) is 103 Å². The molecule has 2 aromatic heterocycles. The minimum absolute atomic E-state index is 0.161. The number of benzene rings is 2. The van der Waals surface area contributed by atoms with Gasteiger partial charge in [0.15, 0.2) is 5.71 Å². The average Bonchev–Trinajstić information content (AvgIpc) is 3.58. The summed E-state index contributed by atoms with van der Waals surface area (Å²) in [6.45, 7) is -0.161. The third-order valence-electron chi connectivity index (χ3n) is 4.59. The van der Waals surface area contributed by atoms with E-state index in [2.05, 4.69) is 25.6 Å². The highest BCUT2D eigenvalue weighted by Crippen LogP contribution is 2.30. The van der Waals surface area contributed by atoms with Gasteiger partial charge >= 0.3 is 5.91 Å². The zero-order valence-corrected chi connectivity index (χ0v) is 18.2. The van der Waals surface area contributed by atoms with E-state index in [1.807, 2.05) is 66.0 Å². The normalized spacial score (nSPS) is 14.8. The van der Waals surface area contributed by atoms with Crippen molar-refractivity contribution in [1.82, 2.24) is 9.97 Å². The number of hydrogen-bond acceptors (Lipinski definition) is 9. The van der Waals surface area contributed by atoms with Gasteiger partial charge in [0.25, 0.3) is 0 Å². The third-order valence-corrected chi connectivity index (χ3v) is 6.20. The number of nitrogens with one attached hydrogen (secondary N) is 1. The van der Waals surface area contributed by atoms with Gasteiger partial charge in [-0.1, -0.05) is 60.7 Å². The van der Waals surface area contributed by atoms with Gasteiger partial charge in [-0.3, -0.25) is 10.2 Å². The number of amides is 1. The molecule has 0 radical (unpaired) electrons. The zero-order valence-electron chi connectivity index (χ0n) is 16.5. The number of carbonyl (C=O) groups excluding carboxylic acids is 1. The van der Waals surface area contributed by atoms with Crippen LogP contribution in [0.3, 0.4) is 0 Å². The Morgan fingerprint density at radius 3 is 2.34 bits per heavy atom. The first-order valence-electron chi connectivity index (χ1n) is 9.61. The lowest BCUT2D eigenvalue weighted by Gasteiger charge is -2.06. The Balaban J connectivity index is 1.49. The SMILES string of the molecule is O=C1/C(=N\Nc2nc(CO)cs2)C(c2ccccc2)=NN1c1nc(-c2ccccc2)cs1. The fourth-order valence-corrected chi connectivity index (χ4v) is 4.48. The Bertz CT molecular complexity index is 1310. The molecule has 10 heteroatoms. The number of anilines is 2. The van der Waals surface area contributed by atoms with Crippen molar-refractivity contribution in [3.05, 3.63) is 82.7 Å². The van der Waals surface area contributed by atoms with Crippen molar-refractivity contribution in [2.75, 3.05) is 10.4 Å². The first-order valence-corrected chi connectivity index (χ1v) is 11.4. The number of aliphatic hydroxyl groups is 1. The van der Waals surface area contributed by atoms with Gasteiger partial charge in [-0.05, 0) is 0 Å². The molecule has 0 bridgehead atoms. The Morgan fingerprint density at radius 2 is 1.66 bits per heavy atom. The van der Waals surface area contributed by atoms with Crippen LogP contribution in [-0.2, 0) is 11.4 Å².